The van der Waals surface area contributed by atoms with Crippen molar-refractivity contribution in [1.82, 2.24) is 4.90 Å². The minimum absolute atomic E-state index is 0.186. The molecule has 2 rings (SSSR count). The third-order valence-corrected chi connectivity index (χ3v) is 4.27. The number of nitrogens with one attached hydrogen (secondary N) is 2. The van der Waals surface area contributed by atoms with Crippen LogP contribution in [0.4, 0.5) is 16.2 Å². The second-order valence-corrected chi connectivity index (χ2v) is 6.43. The predicted octanol–water partition coefficient (Wildman–Crippen LogP) is 1.31. The molecule has 1 aromatic carbocycles. The first-order chi connectivity index (χ1) is 12.8. The van der Waals surface area contributed by atoms with Gasteiger partial charge in [0.25, 0.3) is 5.91 Å². The first-order valence-corrected chi connectivity index (χ1v) is 8.69. The molecule has 1 fully saturated rings. The molecule has 1 aromatic rings. The number of rotatable bonds is 5. The van der Waals surface area contributed by atoms with Crippen LogP contribution in [0.25, 0.3) is 0 Å². The average molecular weight is 376 g/mol. The van der Waals surface area contributed by atoms with Gasteiger partial charge in [-0.05, 0) is 44.0 Å². The quantitative estimate of drug-likeness (QED) is 0.667. The van der Waals surface area contributed by atoms with E-state index in [9.17, 15) is 19.2 Å². The van der Waals surface area contributed by atoms with Gasteiger partial charge in [0.15, 0.2) is 6.10 Å². The molecule has 0 radical (unpaired) electrons. The van der Waals surface area contributed by atoms with Crippen LogP contribution in [-0.4, -0.2) is 47.9 Å². The Labute approximate surface area is 157 Å². The molecule has 0 saturated carbocycles. The molecule has 4 N–H and O–H groups in total. The summed E-state index contributed by atoms with van der Waals surface area (Å²) in [5.74, 6) is -1.45. The number of carbonyl (C=O) groups is 4. The summed E-state index contributed by atoms with van der Waals surface area (Å²) < 4.78 is 5.25. The number of primary amides is 1. The normalized spacial score (nSPS) is 15.6. The zero-order chi connectivity index (χ0) is 20.0. The van der Waals surface area contributed by atoms with E-state index in [2.05, 4.69) is 10.6 Å². The van der Waals surface area contributed by atoms with Gasteiger partial charge in [-0.1, -0.05) is 0 Å². The number of nitrogens with two attached hydrogens (primary N) is 1. The summed E-state index contributed by atoms with van der Waals surface area (Å²) in [6, 6.07) is 6.08. The summed E-state index contributed by atoms with van der Waals surface area (Å²) in [5.41, 5.74) is 6.35. The molecule has 27 heavy (non-hydrogen) atoms. The summed E-state index contributed by atoms with van der Waals surface area (Å²) in [6.07, 6.45) is -0.0387. The van der Waals surface area contributed by atoms with Gasteiger partial charge in [0, 0.05) is 31.4 Å². The standard InChI is InChI=1S/C18H24N4O5/c1-11(27-17(25)13-7-9-22(10-8-13)18(19)26)16(24)21-15-5-3-14(4-6-15)20-12(2)23/h3-6,11,13H,7-10H2,1-2H3,(H2,19,26)(H,20,23)(H,21,24)/t11-/m0/s1. The molecular formula is C18H24N4O5. The van der Waals surface area contributed by atoms with E-state index in [-0.39, 0.29) is 11.8 Å². The van der Waals surface area contributed by atoms with Crippen LogP contribution in [-0.2, 0) is 19.1 Å². The van der Waals surface area contributed by atoms with Crippen molar-refractivity contribution in [2.24, 2.45) is 11.7 Å². The molecule has 9 heteroatoms. The van der Waals surface area contributed by atoms with Crippen LogP contribution in [0.2, 0.25) is 0 Å². The highest BCUT2D eigenvalue weighted by molar-refractivity contribution is 5.95. The van der Waals surface area contributed by atoms with Gasteiger partial charge in [-0.2, -0.15) is 0 Å². The van der Waals surface area contributed by atoms with Crippen molar-refractivity contribution < 1.29 is 23.9 Å². The topological polar surface area (TPSA) is 131 Å². The summed E-state index contributed by atoms with van der Waals surface area (Å²) >= 11 is 0. The lowest BCUT2D eigenvalue weighted by Crippen LogP contribution is -2.44. The highest BCUT2D eigenvalue weighted by Crippen LogP contribution is 2.20. The lowest BCUT2D eigenvalue weighted by atomic mass is 9.97. The lowest BCUT2D eigenvalue weighted by Gasteiger charge is -2.30. The van der Waals surface area contributed by atoms with Gasteiger partial charge >= 0.3 is 12.0 Å². The zero-order valence-electron chi connectivity index (χ0n) is 15.4. The monoisotopic (exact) mass is 376 g/mol. The van der Waals surface area contributed by atoms with E-state index in [1.54, 1.807) is 24.3 Å². The Kier molecular flexibility index (Phi) is 6.75. The first kappa shape index (κ1) is 20.2. The number of ether oxygens (including phenoxy) is 1. The average Bonchev–Trinajstić information content (AvgIpc) is 2.62. The molecular weight excluding hydrogens is 352 g/mol. The van der Waals surface area contributed by atoms with Crippen molar-refractivity contribution in [3.05, 3.63) is 24.3 Å². The molecule has 1 aliphatic rings. The number of hydrogen-bond donors (Lipinski definition) is 3. The van der Waals surface area contributed by atoms with Crippen molar-refractivity contribution in [3.8, 4) is 0 Å². The number of hydrogen-bond acceptors (Lipinski definition) is 5. The SMILES string of the molecule is CC(=O)Nc1ccc(NC(=O)[C@H](C)OC(=O)C2CCN(C(N)=O)CC2)cc1. The second-order valence-electron chi connectivity index (χ2n) is 6.43. The number of urea groups is 1. The fourth-order valence-corrected chi connectivity index (χ4v) is 2.74. The molecule has 0 spiro atoms. The number of anilines is 2. The van der Waals surface area contributed by atoms with Crippen LogP contribution in [0.3, 0.4) is 0 Å². The molecule has 1 saturated heterocycles. The Hall–Kier alpha value is -3.10. The molecule has 1 atom stereocenters. The van der Waals surface area contributed by atoms with Crippen LogP contribution >= 0.6 is 0 Å². The van der Waals surface area contributed by atoms with Gasteiger partial charge < -0.3 is 26.0 Å². The molecule has 1 heterocycles. The molecule has 0 aliphatic carbocycles. The maximum atomic E-state index is 12.2. The number of amides is 4. The van der Waals surface area contributed by atoms with Crippen molar-refractivity contribution in [1.29, 1.82) is 0 Å². The number of piperidine rings is 1. The van der Waals surface area contributed by atoms with E-state index in [1.165, 1.54) is 18.7 Å². The fourth-order valence-electron chi connectivity index (χ4n) is 2.74. The third-order valence-electron chi connectivity index (χ3n) is 4.27. The van der Waals surface area contributed by atoms with Crippen LogP contribution in [0, 0.1) is 5.92 Å². The Bertz CT molecular complexity index is 711. The molecule has 4 amide bonds. The number of benzene rings is 1. The number of likely N-dealkylation sites (tertiary alicyclic amines) is 1. The van der Waals surface area contributed by atoms with E-state index in [0.29, 0.717) is 37.3 Å². The summed E-state index contributed by atoms with van der Waals surface area (Å²) in [7, 11) is 0. The van der Waals surface area contributed by atoms with Gasteiger partial charge in [0.1, 0.15) is 0 Å². The van der Waals surface area contributed by atoms with Crippen molar-refractivity contribution in [3.63, 3.8) is 0 Å². The van der Waals surface area contributed by atoms with E-state index in [4.69, 9.17) is 10.5 Å². The maximum absolute atomic E-state index is 12.2. The summed E-state index contributed by atoms with van der Waals surface area (Å²) in [5, 5.41) is 5.28. The van der Waals surface area contributed by atoms with E-state index < -0.39 is 24.0 Å². The smallest absolute Gasteiger partial charge is 0.314 e. The highest BCUT2D eigenvalue weighted by atomic mass is 16.5. The Balaban J connectivity index is 1.82. The van der Waals surface area contributed by atoms with Crippen molar-refractivity contribution >= 4 is 35.2 Å². The Morgan fingerprint density at radius 2 is 1.59 bits per heavy atom. The molecule has 0 aromatic heterocycles. The summed E-state index contributed by atoms with van der Waals surface area (Å²) in [4.78, 5) is 48.0. The summed E-state index contributed by atoms with van der Waals surface area (Å²) in [6.45, 7) is 3.70. The minimum atomic E-state index is -0.957. The maximum Gasteiger partial charge on any atom is 0.314 e. The Morgan fingerprint density at radius 3 is 2.07 bits per heavy atom. The van der Waals surface area contributed by atoms with Gasteiger partial charge in [0.05, 0.1) is 5.92 Å². The van der Waals surface area contributed by atoms with E-state index >= 15 is 0 Å². The zero-order valence-corrected chi connectivity index (χ0v) is 15.4. The van der Waals surface area contributed by atoms with E-state index in [0.717, 1.165) is 0 Å². The lowest BCUT2D eigenvalue weighted by molar-refractivity contribution is -0.158. The van der Waals surface area contributed by atoms with Gasteiger partial charge in [-0.25, -0.2) is 4.79 Å². The van der Waals surface area contributed by atoms with Crippen LogP contribution in [0.5, 0.6) is 0 Å². The molecule has 146 valence electrons. The Morgan fingerprint density at radius 1 is 1.07 bits per heavy atom. The minimum Gasteiger partial charge on any atom is -0.452 e. The number of esters is 1. The van der Waals surface area contributed by atoms with Crippen LogP contribution in [0.1, 0.15) is 26.7 Å². The first-order valence-electron chi connectivity index (χ1n) is 8.69. The second kappa shape index (κ2) is 9.02. The van der Waals surface area contributed by atoms with Gasteiger partial charge in [-0.3, -0.25) is 14.4 Å². The van der Waals surface area contributed by atoms with Gasteiger partial charge in [0.2, 0.25) is 5.91 Å². The fraction of sp³-hybridized carbons (Fsp3) is 0.444. The third kappa shape index (κ3) is 5.98. The highest BCUT2D eigenvalue weighted by Gasteiger charge is 2.29. The van der Waals surface area contributed by atoms with Crippen LogP contribution < -0.4 is 16.4 Å². The molecule has 1 aliphatic heterocycles. The molecule has 9 nitrogen and oxygen atoms in total. The largest absolute Gasteiger partial charge is 0.452 e. The number of carbonyl (C=O) groups excluding carboxylic acids is 4. The predicted molar refractivity (Wildman–Crippen MR) is 98.8 cm³/mol. The van der Waals surface area contributed by atoms with E-state index in [1.807, 2.05) is 0 Å². The number of nitrogens with zero attached hydrogens (tertiary/aromatic N) is 1. The van der Waals surface area contributed by atoms with Crippen molar-refractivity contribution in [2.45, 2.75) is 32.8 Å². The molecule has 0 unspecified atom stereocenters. The molecule has 0 bridgehead atoms. The van der Waals surface area contributed by atoms with Crippen molar-refractivity contribution in [2.75, 3.05) is 23.7 Å². The van der Waals surface area contributed by atoms with Gasteiger partial charge in [-0.15, -0.1) is 0 Å². The van der Waals surface area contributed by atoms with Crippen LogP contribution in [0.15, 0.2) is 24.3 Å².